The SMILES string of the molecule is CC1(C)CSCC(CCO)(C(C)(C)N)C1. The predicted octanol–water partition coefficient (Wildman–Crippen LogP) is 2.26. The summed E-state index contributed by atoms with van der Waals surface area (Å²) in [5, 5.41) is 9.25. The van der Waals surface area contributed by atoms with Gasteiger partial charge in [-0.1, -0.05) is 13.8 Å². The Balaban J connectivity index is 2.91. The number of thioether (sulfide) groups is 1. The highest BCUT2D eigenvalue weighted by Gasteiger charge is 2.47. The molecule has 1 saturated heterocycles. The highest BCUT2D eigenvalue weighted by Crippen LogP contribution is 2.50. The molecular weight excluding hydrogens is 206 g/mol. The summed E-state index contributed by atoms with van der Waals surface area (Å²) in [7, 11) is 0. The molecule has 1 atom stereocenters. The van der Waals surface area contributed by atoms with Gasteiger partial charge in [-0.05, 0) is 43.3 Å². The number of hydrogen-bond acceptors (Lipinski definition) is 3. The van der Waals surface area contributed by atoms with Crippen molar-refractivity contribution in [2.75, 3.05) is 18.1 Å². The Morgan fingerprint density at radius 2 is 1.93 bits per heavy atom. The van der Waals surface area contributed by atoms with Crippen LogP contribution in [0.25, 0.3) is 0 Å². The Kier molecular flexibility index (Phi) is 3.79. The van der Waals surface area contributed by atoms with E-state index in [9.17, 15) is 5.11 Å². The topological polar surface area (TPSA) is 46.2 Å². The second-order valence-electron chi connectivity index (χ2n) is 6.31. The van der Waals surface area contributed by atoms with Gasteiger partial charge >= 0.3 is 0 Å². The Morgan fingerprint density at radius 1 is 1.33 bits per heavy atom. The lowest BCUT2D eigenvalue weighted by Crippen LogP contribution is -2.56. The molecule has 0 saturated carbocycles. The third-order valence-electron chi connectivity index (χ3n) is 3.65. The van der Waals surface area contributed by atoms with Crippen LogP contribution in [-0.2, 0) is 0 Å². The molecule has 0 aromatic rings. The van der Waals surface area contributed by atoms with Crippen LogP contribution in [0.1, 0.15) is 40.5 Å². The Morgan fingerprint density at radius 3 is 2.33 bits per heavy atom. The maximum Gasteiger partial charge on any atom is 0.0437 e. The summed E-state index contributed by atoms with van der Waals surface area (Å²) in [6.07, 6.45) is 1.95. The molecule has 0 bridgehead atoms. The Bertz CT molecular complexity index is 218. The van der Waals surface area contributed by atoms with E-state index in [4.69, 9.17) is 5.73 Å². The zero-order valence-electron chi connectivity index (χ0n) is 10.5. The summed E-state index contributed by atoms with van der Waals surface area (Å²) >= 11 is 1.98. The summed E-state index contributed by atoms with van der Waals surface area (Å²) in [5.41, 5.74) is 6.55. The molecule has 3 N–H and O–H groups in total. The van der Waals surface area contributed by atoms with Gasteiger partial charge in [-0.15, -0.1) is 0 Å². The number of aliphatic hydroxyl groups is 1. The molecule has 0 spiro atoms. The first-order valence-electron chi connectivity index (χ1n) is 5.70. The fourth-order valence-corrected chi connectivity index (χ4v) is 4.42. The molecular formula is C12H25NOS. The van der Waals surface area contributed by atoms with Crippen molar-refractivity contribution < 1.29 is 5.11 Å². The highest BCUT2D eigenvalue weighted by atomic mass is 32.2. The maximum absolute atomic E-state index is 9.25. The molecule has 0 aromatic carbocycles. The van der Waals surface area contributed by atoms with Gasteiger partial charge in [0.2, 0.25) is 0 Å². The molecule has 15 heavy (non-hydrogen) atoms. The van der Waals surface area contributed by atoms with Gasteiger partial charge in [0.05, 0.1) is 0 Å². The van der Waals surface area contributed by atoms with Gasteiger partial charge < -0.3 is 10.8 Å². The lowest BCUT2D eigenvalue weighted by Gasteiger charge is -2.52. The lowest BCUT2D eigenvalue weighted by molar-refractivity contribution is 0.0696. The molecule has 0 aromatic heterocycles. The average molecular weight is 231 g/mol. The van der Waals surface area contributed by atoms with Crippen LogP contribution in [0.5, 0.6) is 0 Å². The molecule has 1 fully saturated rings. The van der Waals surface area contributed by atoms with E-state index in [2.05, 4.69) is 27.7 Å². The van der Waals surface area contributed by atoms with E-state index in [1.54, 1.807) is 0 Å². The zero-order valence-corrected chi connectivity index (χ0v) is 11.3. The minimum absolute atomic E-state index is 0.0914. The van der Waals surface area contributed by atoms with E-state index < -0.39 is 0 Å². The van der Waals surface area contributed by atoms with Crippen LogP contribution in [0.15, 0.2) is 0 Å². The highest BCUT2D eigenvalue weighted by molar-refractivity contribution is 7.99. The summed E-state index contributed by atoms with van der Waals surface area (Å²) in [4.78, 5) is 0. The number of hydrogen-bond donors (Lipinski definition) is 2. The fourth-order valence-electron chi connectivity index (χ4n) is 2.65. The summed E-state index contributed by atoms with van der Waals surface area (Å²) in [6, 6.07) is 0. The Hall–Kier alpha value is 0.270. The van der Waals surface area contributed by atoms with Crippen molar-refractivity contribution >= 4 is 11.8 Å². The van der Waals surface area contributed by atoms with Gasteiger partial charge in [-0.2, -0.15) is 11.8 Å². The third-order valence-corrected chi connectivity index (χ3v) is 5.39. The van der Waals surface area contributed by atoms with Crippen LogP contribution in [-0.4, -0.2) is 28.8 Å². The van der Waals surface area contributed by atoms with Gasteiger partial charge in [0.15, 0.2) is 0 Å². The molecule has 1 aliphatic heterocycles. The van der Waals surface area contributed by atoms with Crippen molar-refractivity contribution in [3.63, 3.8) is 0 Å². The van der Waals surface area contributed by atoms with E-state index in [0.29, 0.717) is 5.41 Å². The maximum atomic E-state index is 9.25. The van der Waals surface area contributed by atoms with Gasteiger partial charge in [-0.3, -0.25) is 0 Å². The van der Waals surface area contributed by atoms with E-state index in [1.807, 2.05) is 11.8 Å². The normalized spacial score (nSPS) is 31.6. The number of nitrogens with two attached hydrogens (primary N) is 1. The molecule has 2 nitrogen and oxygen atoms in total. The summed E-state index contributed by atoms with van der Waals surface area (Å²) < 4.78 is 0. The number of rotatable bonds is 3. The molecule has 1 heterocycles. The molecule has 0 aliphatic carbocycles. The first-order chi connectivity index (χ1) is 6.72. The van der Waals surface area contributed by atoms with Crippen LogP contribution in [0.2, 0.25) is 0 Å². The van der Waals surface area contributed by atoms with Crippen molar-refractivity contribution in [3.8, 4) is 0 Å². The largest absolute Gasteiger partial charge is 0.396 e. The van der Waals surface area contributed by atoms with E-state index in [-0.39, 0.29) is 17.6 Å². The minimum atomic E-state index is -0.208. The Labute approximate surface area is 98.0 Å². The van der Waals surface area contributed by atoms with Crippen LogP contribution in [0.4, 0.5) is 0 Å². The molecule has 90 valence electrons. The van der Waals surface area contributed by atoms with Gasteiger partial charge in [0, 0.05) is 17.9 Å². The van der Waals surface area contributed by atoms with Crippen LogP contribution >= 0.6 is 11.8 Å². The standard InChI is InChI=1S/C12H25NOS/c1-10(2)7-12(5-6-14,9-15-8-10)11(3,4)13/h14H,5-9,13H2,1-4H3. The number of aliphatic hydroxyl groups excluding tert-OH is 1. The third kappa shape index (κ3) is 2.89. The van der Waals surface area contributed by atoms with Crippen molar-refractivity contribution in [2.24, 2.45) is 16.6 Å². The van der Waals surface area contributed by atoms with E-state index in [0.717, 1.165) is 18.6 Å². The summed E-state index contributed by atoms with van der Waals surface area (Å²) in [5.74, 6) is 2.29. The van der Waals surface area contributed by atoms with Crippen LogP contribution < -0.4 is 5.73 Å². The fraction of sp³-hybridized carbons (Fsp3) is 1.00. The van der Waals surface area contributed by atoms with Crippen molar-refractivity contribution in [1.82, 2.24) is 0 Å². The molecule has 0 radical (unpaired) electrons. The lowest BCUT2D eigenvalue weighted by atomic mass is 9.63. The molecule has 1 rings (SSSR count). The van der Waals surface area contributed by atoms with Crippen molar-refractivity contribution in [3.05, 3.63) is 0 Å². The molecule has 0 amide bonds. The van der Waals surface area contributed by atoms with Crippen molar-refractivity contribution in [1.29, 1.82) is 0 Å². The quantitative estimate of drug-likeness (QED) is 0.783. The second-order valence-corrected chi connectivity index (χ2v) is 7.30. The smallest absolute Gasteiger partial charge is 0.0437 e. The van der Waals surface area contributed by atoms with Crippen LogP contribution in [0.3, 0.4) is 0 Å². The average Bonchev–Trinajstić information content (AvgIpc) is 2.00. The zero-order chi connectivity index (χ0) is 11.7. The molecule has 3 heteroatoms. The monoisotopic (exact) mass is 231 g/mol. The van der Waals surface area contributed by atoms with Crippen molar-refractivity contribution in [2.45, 2.75) is 46.1 Å². The van der Waals surface area contributed by atoms with E-state index >= 15 is 0 Å². The van der Waals surface area contributed by atoms with Gasteiger partial charge in [0.25, 0.3) is 0 Å². The summed E-state index contributed by atoms with van der Waals surface area (Å²) in [6.45, 7) is 9.06. The second kappa shape index (κ2) is 4.27. The van der Waals surface area contributed by atoms with Gasteiger partial charge in [0.1, 0.15) is 0 Å². The first kappa shape index (κ1) is 13.3. The molecule has 1 unspecified atom stereocenters. The predicted molar refractivity (Wildman–Crippen MR) is 68.1 cm³/mol. The van der Waals surface area contributed by atoms with Gasteiger partial charge in [-0.25, -0.2) is 0 Å². The first-order valence-corrected chi connectivity index (χ1v) is 6.85. The van der Waals surface area contributed by atoms with Crippen LogP contribution in [0, 0.1) is 10.8 Å². The minimum Gasteiger partial charge on any atom is -0.396 e. The molecule has 1 aliphatic rings. The van der Waals surface area contributed by atoms with E-state index in [1.165, 1.54) is 5.75 Å².